The number of hydrogen-bond acceptors (Lipinski definition) is 6. The monoisotopic (exact) mass is 639 g/mol. The average Bonchev–Trinajstić information content (AvgIpc) is 2.96. The van der Waals surface area contributed by atoms with Crippen LogP contribution in [0.25, 0.3) is 6.08 Å². The summed E-state index contributed by atoms with van der Waals surface area (Å²) in [5.41, 5.74) is 0.727. The highest BCUT2D eigenvalue weighted by atomic mass is 127. The molecular weight excluding hydrogens is 620 g/mol. The molecular formula is C20H19I2NO5S. The largest absolute Gasteiger partial charge is 0.506 e. The molecule has 6 nitrogen and oxygen atoms in total. The summed E-state index contributed by atoms with van der Waals surface area (Å²) in [4.78, 5) is 28.4. The number of aliphatic hydroxyl groups excluding tert-OH is 1. The van der Waals surface area contributed by atoms with Gasteiger partial charge in [0, 0.05) is 6.42 Å². The van der Waals surface area contributed by atoms with Gasteiger partial charge in [0.15, 0.2) is 0 Å². The van der Waals surface area contributed by atoms with Gasteiger partial charge in [-0.3, -0.25) is 4.79 Å². The quantitative estimate of drug-likeness (QED) is 0.249. The Bertz CT molecular complexity index is 914. The second-order valence-corrected chi connectivity index (χ2v) is 8.99. The lowest BCUT2D eigenvalue weighted by molar-refractivity contribution is -0.138. The SMILES string of the molecule is C=CCOc1c(I)cc(/C=C2\SC(=NC(=O)CC)C(C(=O)OCC)=C2O)cc1I. The molecule has 0 saturated heterocycles. The van der Waals surface area contributed by atoms with Crippen molar-refractivity contribution in [3.05, 3.63) is 53.7 Å². The molecule has 0 bridgehead atoms. The van der Waals surface area contributed by atoms with Crippen LogP contribution in [0.2, 0.25) is 0 Å². The first-order valence-corrected chi connectivity index (χ1v) is 11.6. The number of nitrogens with zero attached hydrogens (tertiary/aromatic N) is 1. The molecule has 154 valence electrons. The first-order chi connectivity index (χ1) is 13.8. The van der Waals surface area contributed by atoms with Crippen molar-refractivity contribution in [3.63, 3.8) is 0 Å². The highest BCUT2D eigenvalue weighted by Gasteiger charge is 2.33. The van der Waals surface area contributed by atoms with E-state index >= 15 is 0 Å². The Labute approximate surface area is 200 Å². The van der Waals surface area contributed by atoms with E-state index in [1.165, 1.54) is 0 Å². The Kier molecular flexibility index (Phi) is 9.21. The minimum Gasteiger partial charge on any atom is -0.506 e. The summed E-state index contributed by atoms with van der Waals surface area (Å²) in [6, 6.07) is 3.80. The van der Waals surface area contributed by atoms with E-state index in [1.807, 2.05) is 12.1 Å². The minimum absolute atomic E-state index is 0.0831. The van der Waals surface area contributed by atoms with Crippen molar-refractivity contribution in [1.29, 1.82) is 0 Å². The van der Waals surface area contributed by atoms with Crippen LogP contribution in [0.15, 0.2) is 46.0 Å². The molecule has 1 aliphatic rings. The Balaban J connectivity index is 2.47. The molecule has 0 aromatic heterocycles. The maximum absolute atomic E-state index is 12.3. The van der Waals surface area contributed by atoms with Gasteiger partial charge in [-0.2, -0.15) is 0 Å². The average molecular weight is 639 g/mol. The van der Waals surface area contributed by atoms with Gasteiger partial charge in [0.1, 0.15) is 28.7 Å². The number of hydrogen-bond donors (Lipinski definition) is 1. The molecule has 0 saturated carbocycles. The van der Waals surface area contributed by atoms with Crippen LogP contribution in [-0.4, -0.2) is 35.2 Å². The molecule has 1 heterocycles. The highest BCUT2D eigenvalue weighted by Crippen LogP contribution is 2.40. The Morgan fingerprint density at radius 2 is 1.93 bits per heavy atom. The molecule has 0 radical (unpaired) electrons. The van der Waals surface area contributed by atoms with E-state index in [0.29, 0.717) is 11.5 Å². The predicted molar refractivity (Wildman–Crippen MR) is 132 cm³/mol. The number of aliphatic imine (C=N–C) groups is 1. The molecule has 0 aliphatic carbocycles. The second-order valence-electron chi connectivity index (χ2n) is 5.63. The number of esters is 1. The first-order valence-electron chi connectivity index (χ1n) is 8.67. The molecule has 9 heteroatoms. The smallest absolute Gasteiger partial charge is 0.344 e. The van der Waals surface area contributed by atoms with E-state index in [0.717, 1.165) is 30.2 Å². The maximum Gasteiger partial charge on any atom is 0.344 e. The summed E-state index contributed by atoms with van der Waals surface area (Å²) in [5, 5.41) is 10.8. The van der Waals surface area contributed by atoms with Gasteiger partial charge in [-0.15, -0.1) is 0 Å². The number of rotatable bonds is 7. The molecule has 1 aromatic rings. The van der Waals surface area contributed by atoms with Gasteiger partial charge >= 0.3 is 5.97 Å². The molecule has 0 unspecified atom stereocenters. The highest BCUT2D eigenvalue weighted by molar-refractivity contribution is 14.1. The fraction of sp³-hybridized carbons (Fsp3) is 0.250. The zero-order chi connectivity index (χ0) is 21.6. The predicted octanol–water partition coefficient (Wildman–Crippen LogP) is 5.26. The van der Waals surface area contributed by atoms with E-state index in [2.05, 4.69) is 56.8 Å². The van der Waals surface area contributed by atoms with Crippen molar-refractivity contribution in [3.8, 4) is 5.75 Å². The van der Waals surface area contributed by atoms with Gasteiger partial charge in [-0.1, -0.05) is 31.3 Å². The standard InChI is InChI=1S/C20H19I2NO5S/c1-4-7-28-18-12(21)8-11(9-13(18)22)10-14-17(25)16(20(26)27-6-3)19(29-14)23-15(24)5-2/h4,8-10,25H,1,5-7H2,2-3H3/b14-10-,23-19?. The van der Waals surface area contributed by atoms with E-state index in [4.69, 9.17) is 9.47 Å². The van der Waals surface area contributed by atoms with Crippen LogP contribution in [0.4, 0.5) is 0 Å². The molecule has 1 aromatic carbocycles. The molecule has 2 rings (SSSR count). The number of halogens is 2. The van der Waals surface area contributed by atoms with Crippen molar-refractivity contribution in [2.45, 2.75) is 20.3 Å². The molecule has 1 amide bonds. The lowest BCUT2D eigenvalue weighted by Gasteiger charge is -2.10. The molecule has 0 fully saturated rings. The number of carbonyl (C=O) groups is 2. The lowest BCUT2D eigenvalue weighted by Crippen LogP contribution is -2.14. The van der Waals surface area contributed by atoms with Crippen molar-refractivity contribution in [2.75, 3.05) is 13.2 Å². The van der Waals surface area contributed by atoms with Crippen molar-refractivity contribution < 1.29 is 24.2 Å². The van der Waals surface area contributed by atoms with E-state index in [-0.39, 0.29) is 35.3 Å². The lowest BCUT2D eigenvalue weighted by atomic mass is 10.1. The summed E-state index contributed by atoms with van der Waals surface area (Å²) >= 11 is 5.42. The van der Waals surface area contributed by atoms with E-state index in [9.17, 15) is 14.7 Å². The summed E-state index contributed by atoms with van der Waals surface area (Å²) < 4.78 is 12.5. The topological polar surface area (TPSA) is 85.2 Å². The Hall–Kier alpha value is -1.34. The molecule has 1 aliphatic heterocycles. The van der Waals surface area contributed by atoms with Gasteiger partial charge in [-0.05, 0) is 75.9 Å². The summed E-state index contributed by atoms with van der Waals surface area (Å²) in [5.74, 6) is -0.569. The normalized spacial score (nSPS) is 16.4. The van der Waals surface area contributed by atoms with Crippen LogP contribution >= 0.6 is 56.9 Å². The first kappa shape index (κ1) is 23.9. The molecule has 1 N–H and O–H groups in total. The number of benzene rings is 1. The van der Waals surface area contributed by atoms with Crippen LogP contribution in [0.1, 0.15) is 25.8 Å². The van der Waals surface area contributed by atoms with Crippen LogP contribution in [-0.2, 0) is 14.3 Å². The van der Waals surface area contributed by atoms with E-state index < -0.39 is 5.97 Å². The number of thioether (sulfide) groups is 1. The molecule has 0 spiro atoms. The summed E-state index contributed by atoms with van der Waals surface area (Å²) in [6.07, 6.45) is 3.61. The zero-order valence-electron chi connectivity index (χ0n) is 15.8. The number of aliphatic hydroxyl groups is 1. The third-order valence-corrected chi connectivity index (χ3v) is 6.19. The Morgan fingerprint density at radius 1 is 1.28 bits per heavy atom. The van der Waals surface area contributed by atoms with Crippen LogP contribution in [0.5, 0.6) is 5.75 Å². The van der Waals surface area contributed by atoms with Gasteiger partial charge in [-0.25, -0.2) is 9.79 Å². The van der Waals surface area contributed by atoms with Crippen LogP contribution in [0.3, 0.4) is 0 Å². The van der Waals surface area contributed by atoms with Gasteiger partial charge in [0.2, 0.25) is 5.91 Å². The minimum atomic E-state index is -0.708. The van der Waals surface area contributed by atoms with Crippen LogP contribution < -0.4 is 4.74 Å². The van der Waals surface area contributed by atoms with Gasteiger partial charge in [0.05, 0.1) is 18.7 Å². The fourth-order valence-corrected chi connectivity index (χ4v) is 5.44. The van der Waals surface area contributed by atoms with Crippen molar-refractivity contribution in [2.24, 2.45) is 4.99 Å². The Morgan fingerprint density at radius 3 is 2.48 bits per heavy atom. The van der Waals surface area contributed by atoms with Crippen LogP contribution in [0, 0.1) is 7.14 Å². The third-order valence-electron chi connectivity index (χ3n) is 3.56. The summed E-state index contributed by atoms with van der Waals surface area (Å²) in [7, 11) is 0. The summed E-state index contributed by atoms with van der Waals surface area (Å²) in [6.45, 7) is 7.55. The number of amides is 1. The second kappa shape index (κ2) is 11.2. The fourth-order valence-electron chi connectivity index (χ4n) is 2.28. The van der Waals surface area contributed by atoms with Gasteiger partial charge < -0.3 is 14.6 Å². The van der Waals surface area contributed by atoms with E-state index in [1.54, 1.807) is 26.0 Å². The zero-order valence-corrected chi connectivity index (χ0v) is 21.0. The molecule has 0 atom stereocenters. The van der Waals surface area contributed by atoms with Crippen molar-refractivity contribution in [1.82, 2.24) is 0 Å². The molecule has 29 heavy (non-hydrogen) atoms. The number of carbonyl (C=O) groups excluding carboxylic acids is 2. The third kappa shape index (κ3) is 6.07. The van der Waals surface area contributed by atoms with Crippen molar-refractivity contribution >= 4 is 79.9 Å². The maximum atomic E-state index is 12.3. The van der Waals surface area contributed by atoms with Gasteiger partial charge in [0.25, 0.3) is 0 Å². The number of ether oxygens (including phenoxy) is 2.